The van der Waals surface area contributed by atoms with Crippen molar-refractivity contribution < 1.29 is 14.3 Å². The van der Waals surface area contributed by atoms with Gasteiger partial charge < -0.3 is 15.0 Å². The molecule has 1 N–H and O–H groups in total. The van der Waals surface area contributed by atoms with Gasteiger partial charge >= 0.3 is 0 Å². The Bertz CT molecular complexity index is 811. The first-order valence-corrected chi connectivity index (χ1v) is 9.34. The van der Waals surface area contributed by atoms with Gasteiger partial charge in [-0.3, -0.25) is 9.59 Å². The van der Waals surface area contributed by atoms with Crippen LogP contribution in [0.2, 0.25) is 0 Å². The van der Waals surface area contributed by atoms with Gasteiger partial charge in [0.2, 0.25) is 5.91 Å². The number of benzene rings is 2. The van der Waals surface area contributed by atoms with Crippen molar-refractivity contribution in [3.05, 3.63) is 65.2 Å². The molecule has 0 aromatic heterocycles. The second-order valence-electron chi connectivity index (χ2n) is 6.91. The number of piperidine rings is 1. The number of nitrogens with one attached hydrogen (secondary N) is 1. The first kappa shape index (κ1) is 19.0. The van der Waals surface area contributed by atoms with E-state index in [0.717, 1.165) is 22.4 Å². The summed E-state index contributed by atoms with van der Waals surface area (Å²) in [5.74, 6) is 0.821. The lowest BCUT2D eigenvalue weighted by Crippen LogP contribution is -2.43. The van der Waals surface area contributed by atoms with E-state index in [1.54, 1.807) is 7.11 Å². The summed E-state index contributed by atoms with van der Waals surface area (Å²) in [6.07, 6.45) is 1.38. The Hall–Kier alpha value is -2.82. The predicted molar refractivity (Wildman–Crippen MR) is 105 cm³/mol. The highest BCUT2D eigenvalue weighted by Gasteiger charge is 2.28. The first-order valence-electron chi connectivity index (χ1n) is 9.34. The Morgan fingerprint density at radius 3 is 2.44 bits per heavy atom. The van der Waals surface area contributed by atoms with E-state index in [1.165, 1.54) is 0 Å². The van der Waals surface area contributed by atoms with Gasteiger partial charge in [-0.25, -0.2) is 0 Å². The summed E-state index contributed by atoms with van der Waals surface area (Å²) in [6, 6.07) is 15.3. The fraction of sp³-hybridized carbons (Fsp3) is 0.364. The van der Waals surface area contributed by atoms with Crippen LogP contribution in [-0.4, -0.2) is 36.9 Å². The van der Waals surface area contributed by atoms with Gasteiger partial charge in [-0.2, -0.15) is 0 Å². The summed E-state index contributed by atoms with van der Waals surface area (Å²) in [6.45, 7) is 3.62. The van der Waals surface area contributed by atoms with Crippen molar-refractivity contribution in [2.75, 3.05) is 20.2 Å². The number of rotatable bonds is 5. The van der Waals surface area contributed by atoms with E-state index < -0.39 is 0 Å². The molecule has 1 aliphatic rings. The molecule has 27 heavy (non-hydrogen) atoms. The van der Waals surface area contributed by atoms with Crippen molar-refractivity contribution in [1.29, 1.82) is 0 Å². The van der Waals surface area contributed by atoms with Gasteiger partial charge in [0.05, 0.1) is 7.11 Å². The van der Waals surface area contributed by atoms with Gasteiger partial charge in [-0.05, 0) is 37.5 Å². The molecule has 0 aliphatic carbocycles. The third-order valence-electron chi connectivity index (χ3n) is 5.17. The van der Waals surface area contributed by atoms with Gasteiger partial charge in [0.15, 0.2) is 0 Å². The average Bonchev–Trinajstić information content (AvgIpc) is 2.72. The first-order chi connectivity index (χ1) is 13.1. The minimum atomic E-state index is -0.0550. The normalized spacial score (nSPS) is 14.7. The third kappa shape index (κ3) is 4.48. The fourth-order valence-corrected chi connectivity index (χ4v) is 3.50. The summed E-state index contributed by atoms with van der Waals surface area (Å²) in [4.78, 5) is 27.1. The van der Waals surface area contributed by atoms with Crippen molar-refractivity contribution >= 4 is 11.8 Å². The number of para-hydroxylation sites is 1. The number of carbonyl (C=O) groups is 2. The van der Waals surface area contributed by atoms with Crippen molar-refractivity contribution in [2.45, 2.75) is 26.3 Å². The molecule has 1 saturated heterocycles. The zero-order chi connectivity index (χ0) is 19.2. The zero-order valence-corrected chi connectivity index (χ0v) is 15.9. The standard InChI is InChI=1S/C22H26N2O3/c1-16-7-3-5-9-19(16)22(26)24-13-11-17(12-14-24)21(25)23-15-18-8-4-6-10-20(18)27-2/h3-10,17H,11-15H2,1-2H3,(H,23,25). The van der Waals surface area contributed by atoms with E-state index in [2.05, 4.69) is 5.32 Å². The number of methoxy groups -OCH3 is 1. The molecule has 0 bridgehead atoms. The number of hydrogen-bond donors (Lipinski definition) is 1. The van der Waals surface area contributed by atoms with Crippen LogP contribution in [0.5, 0.6) is 5.75 Å². The molecular formula is C22H26N2O3. The molecule has 0 saturated carbocycles. The van der Waals surface area contributed by atoms with Crippen molar-refractivity contribution in [2.24, 2.45) is 5.92 Å². The molecule has 0 unspecified atom stereocenters. The highest BCUT2D eigenvalue weighted by atomic mass is 16.5. The minimum absolute atomic E-state index is 0.0453. The van der Waals surface area contributed by atoms with Gasteiger partial charge in [-0.1, -0.05) is 36.4 Å². The van der Waals surface area contributed by atoms with Gasteiger partial charge in [0, 0.05) is 36.7 Å². The SMILES string of the molecule is COc1ccccc1CNC(=O)C1CCN(C(=O)c2ccccc2C)CC1. The molecule has 0 radical (unpaired) electrons. The maximum absolute atomic E-state index is 12.7. The third-order valence-corrected chi connectivity index (χ3v) is 5.17. The highest BCUT2D eigenvalue weighted by molar-refractivity contribution is 5.95. The van der Waals surface area contributed by atoms with Crippen molar-refractivity contribution in [3.8, 4) is 5.75 Å². The predicted octanol–water partition coefficient (Wildman–Crippen LogP) is 3.17. The average molecular weight is 366 g/mol. The Morgan fingerprint density at radius 2 is 1.74 bits per heavy atom. The van der Waals surface area contributed by atoms with E-state index >= 15 is 0 Å². The molecule has 5 nitrogen and oxygen atoms in total. The number of nitrogens with zero attached hydrogens (tertiary/aromatic N) is 1. The number of ether oxygens (including phenoxy) is 1. The molecule has 1 heterocycles. The second-order valence-corrected chi connectivity index (χ2v) is 6.91. The maximum Gasteiger partial charge on any atom is 0.254 e. The van der Waals surface area contributed by atoms with Crippen LogP contribution < -0.4 is 10.1 Å². The number of amides is 2. The second kappa shape index (κ2) is 8.71. The van der Waals surface area contributed by atoms with E-state index in [4.69, 9.17) is 4.74 Å². The van der Waals surface area contributed by atoms with E-state index in [-0.39, 0.29) is 17.7 Å². The number of aryl methyl sites for hydroxylation is 1. The summed E-state index contributed by atoms with van der Waals surface area (Å²) in [5.41, 5.74) is 2.69. The summed E-state index contributed by atoms with van der Waals surface area (Å²) < 4.78 is 5.32. The molecule has 2 amide bonds. The van der Waals surface area contributed by atoms with Crippen LogP contribution in [0.15, 0.2) is 48.5 Å². The van der Waals surface area contributed by atoms with Gasteiger partial charge in [0.1, 0.15) is 5.75 Å². The van der Waals surface area contributed by atoms with Crippen LogP contribution in [0.4, 0.5) is 0 Å². The molecule has 0 atom stereocenters. The molecule has 1 fully saturated rings. The molecule has 142 valence electrons. The van der Waals surface area contributed by atoms with Gasteiger partial charge in [-0.15, -0.1) is 0 Å². The van der Waals surface area contributed by atoms with Crippen LogP contribution in [0.1, 0.15) is 34.3 Å². The monoisotopic (exact) mass is 366 g/mol. The Morgan fingerprint density at radius 1 is 1.07 bits per heavy atom. The van der Waals surface area contributed by atoms with Crippen LogP contribution in [-0.2, 0) is 11.3 Å². The number of likely N-dealkylation sites (tertiary alicyclic amines) is 1. The summed E-state index contributed by atoms with van der Waals surface area (Å²) in [7, 11) is 1.63. The van der Waals surface area contributed by atoms with Crippen LogP contribution in [0.3, 0.4) is 0 Å². The summed E-state index contributed by atoms with van der Waals surface area (Å²) in [5, 5.41) is 3.01. The Kier molecular flexibility index (Phi) is 6.12. The van der Waals surface area contributed by atoms with E-state index in [1.807, 2.05) is 60.4 Å². The van der Waals surface area contributed by atoms with Crippen molar-refractivity contribution in [3.63, 3.8) is 0 Å². The Balaban J connectivity index is 1.52. The van der Waals surface area contributed by atoms with Crippen LogP contribution in [0, 0.1) is 12.8 Å². The molecule has 0 spiro atoms. The largest absolute Gasteiger partial charge is 0.496 e. The minimum Gasteiger partial charge on any atom is -0.496 e. The molecule has 3 rings (SSSR count). The molecule has 1 aliphatic heterocycles. The van der Waals surface area contributed by atoms with Gasteiger partial charge in [0.25, 0.3) is 5.91 Å². The van der Waals surface area contributed by atoms with Crippen LogP contribution >= 0.6 is 0 Å². The maximum atomic E-state index is 12.7. The number of hydrogen-bond acceptors (Lipinski definition) is 3. The summed E-state index contributed by atoms with van der Waals surface area (Å²) >= 11 is 0. The van der Waals surface area contributed by atoms with E-state index in [9.17, 15) is 9.59 Å². The topological polar surface area (TPSA) is 58.6 Å². The molecule has 5 heteroatoms. The lowest BCUT2D eigenvalue weighted by atomic mass is 9.95. The fourth-order valence-electron chi connectivity index (χ4n) is 3.50. The quantitative estimate of drug-likeness (QED) is 0.884. The molecular weight excluding hydrogens is 340 g/mol. The van der Waals surface area contributed by atoms with Crippen LogP contribution in [0.25, 0.3) is 0 Å². The van der Waals surface area contributed by atoms with Crippen molar-refractivity contribution in [1.82, 2.24) is 10.2 Å². The zero-order valence-electron chi connectivity index (χ0n) is 15.9. The lowest BCUT2D eigenvalue weighted by molar-refractivity contribution is -0.126. The van der Waals surface area contributed by atoms with E-state index in [0.29, 0.717) is 32.5 Å². The number of carbonyl (C=O) groups excluding carboxylic acids is 2. The molecule has 2 aromatic carbocycles. The molecule has 2 aromatic rings. The smallest absolute Gasteiger partial charge is 0.254 e. The Labute approximate surface area is 160 Å². The lowest BCUT2D eigenvalue weighted by Gasteiger charge is -2.31. The highest BCUT2D eigenvalue weighted by Crippen LogP contribution is 2.21.